The monoisotopic (exact) mass is 390 g/mol. The molecule has 0 radical (unpaired) electrons. The van der Waals surface area contributed by atoms with E-state index in [1.807, 2.05) is 0 Å². The molecule has 0 aliphatic heterocycles. The van der Waals surface area contributed by atoms with E-state index in [0.29, 0.717) is 22.5 Å². The second-order valence-electron chi connectivity index (χ2n) is 6.15. The lowest BCUT2D eigenvalue weighted by Gasteiger charge is -2.12. The van der Waals surface area contributed by atoms with Crippen LogP contribution in [0.25, 0.3) is 11.0 Å². The summed E-state index contributed by atoms with van der Waals surface area (Å²) in [6.45, 7) is 0.916. The molecule has 148 valence electrons. The van der Waals surface area contributed by atoms with Gasteiger partial charge in [0.15, 0.2) is 5.82 Å². The second-order valence-corrected chi connectivity index (χ2v) is 6.15. The average molecular weight is 390 g/mol. The Balaban J connectivity index is 1.87. The molecule has 0 spiro atoms. The number of nitrogens with one attached hydrogen (secondary N) is 1. The van der Waals surface area contributed by atoms with Gasteiger partial charge >= 0.3 is 0 Å². The highest BCUT2D eigenvalue weighted by Gasteiger charge is 2.23. The van der Waals surface area contributed by atoms with Crippen LogP contribution in [-0.4, -0.2) is 39.4 Å². The Morgan fingerprint density at radius 3 is 2.82 bits per heavy atom. The highest BCUT2D eigenvalue weighted by Crippen LogP contribution is 2.29. The standard InChI is InChI=1S/C18H19FN4O5/c1-9-16(18(26)22-13(7-24)17(20)25)11-5-10(3-4-15(11)28-9)27-8-14-12(19)6-21-23(14)2/h3-6,13,24H,7-8H2,1-2H3,(H2,20,25)(H,22,26)/t13-/m0/s1. The van der Waals surface area contributed by atoms with E-state index in [0.717, 1.165) is 6.20 Å². The Morgan fingerprint density at radius 2 is 2.21 bits per heavy atom. The van der Waals surface area contributed by atoms with Gasteiger partial charge in [0.25, 0.3) is 5.91 Å². The van der Waals surface area contributed by atoms with Gasteiger partial charge in [-0.3, -0.25) is 14.3 Å². The van der Waals surface area contributed by atoms with Gasteiger partial charge in [-0.25, -0.2) is 4.39 Å². The number of halogens is 1. The summed E-state index contributed by atoms with van der Waals surface area (Å²) in [5.41, 5.74) is 6.03. The van der Waals surface area contributed by atoms with Crippen LogP contribution in [0.15, 0.2) is 28.8 Å². The quantitative estimate of drug-likeness (QED) is 0.546. The van der Waals surface area contributed by atoms with E-state index in [2.05, 4.69) is 10.4 Å². The molecule has 0 aliphatic carbocycles. The molecule has 0 saturated heterocycles. The largest absolute Gasteiger partial charge is 0.487 e. The van der Waals surface area contributed by atoms with Crippen molar-refractivity contribution in [3.63, 3.8) is 0 Å². The second kappa shape index (κ2) is 7.69. The third-order valence-corrected chi connectivity index (χ3v) is 4.28. The number of hydrogen-bond acceptors (Lipinski definition) is 6. The molecule has 10 heteroatoms. The van der Waals surface area contributed by atoms with Crippen LogP contribution in [0.2, 0.25) is 0 Å². The SMILES string of the molecule is Cc1oc2ccc(OCc3c(F)cnn3C)cc2c1C(=O)N[C@@H](CO)C(N)=O. The van der Waals surface area contributed by atoms with Crippen molar-refractivity contribution < 1.29 is 28.2 Å². The van der Waals surface area contributed by atoms with Crippen LogP contribution in [0.4, 0.5) is 4.39 Å². The molecule has 9 nitrogen and oxygen atoms in total. The van der Waals surface area contributed by atoms with Crippen LogP contribution in [0.1, 0.15) is 21.8 Å². The number of amides is 2. The Kier molecular flexibility index (Phi) is 5.32. The number of aromatic nitrogens is 2. The van der Waals surface area contributed by atoms with Gasteiger partial charge in [-0.2, -0.15) is 5.10 Å². The maximum Gasteiger partial charge on any atom is 0.256 e. The van der Waals surface area contributed by atoms with Gasteiger partial charge in [0.2, 0.25) is 5.91 Å². The zero-order chi connectivity index (χ0) is 20.4. The Labute approximate surface area is 158 Å². The molecule has 1 aromatic carbocycles. The van der Waals surface area contributed by atoms with E-state index >= 15 is 0 Å². The van der Waals surface area contributed by atoms with Crippen LogP contribution in [-0.2, 0) is 18.4 Å². The minimum Gasteiger partial charge on any atom is -0.487 e. The summed E-state index contributed by atoms with van der Waals surface area (Å²) in [4.78, 5) is 23.8. The number of carbonyl (C=O) groups is 2. The first kappa shape index (κ1) is 19.4. The summed E-state index contributed by atoms with van der Waals surface area (Å²) in [5, 5.41) is 15.8. The van der Waals surface area contributed by atoms with Crippen molar-refractivity contribution in [2.24, 2.45) is 12.8 Å². The normalized spacial score (nSPS) is 12.1. The fourth-order valence-electron chi connectivity index (χ4n) is 2.76. The van der Waals surface area contributed by atoms with Gasteiger partial charge in [-0.05, 0) is 25.1 Å². The number of aliphatic hydroxyl groups excluding tert-OH is 1. The minimum atomic E-state index is -1.22. The summed E-state index contributed by atoms with van der Waals surface area (Å²) in [6.07, 6.45) is 1.10. The smallest absolute Gasteiger partial charge is 0.256 e. The van der Waals surface area contributed by atoms with Crippen molar-refractivity contribution in [3.05, 3.63) is 47.2 Å². The fraction of sp³-hybridized carbons (Fsp3) is 0.278. The predicted octanol–water partition coefficient (Wildman–Crippen LogP) is 0.769. The molecule has 2 aromatic heterocycles. The van der Waals surface area contributed by atoms with Crippen molar-refractivity contribution in [2.45, 2.75) is 19.6 Å². The summed E-state index contributed by atoms with van der Waals surface area (Å²) in [6, 6.07) is 3.60. The molecule has 4 N–H and O–H groups in total. The van der Waals surface area contributed by atoms with Crippen molar-refractivity contribution in [3.8, 4) is 5.75 Å². The Bertz CT molecular complexity index is 1020. The number of furan rings is 1. The molecule has 0 fully saturated rings. The summed E-state index contributed by atoms with van der Waals surface area (Å²) in [5.74, 6) is -1.25. The number of aliphatic hydroxyl groups is 1. The summed E-state index contributed by atoms with van der Waals surface area (Å²) < 4.78 is 26.2. The van der Waals surface area contributed by atoms with Gasteiger partial charge in [-0.1, -0.05) is 0 Å². The zero-order valence-electron chi connectivity index (χ0n) is 15.2. The van der Waals surface area contributed by atoms with Crippen molar-refractivity contribution in [1.82, 2.24) is 15.1 Å². The van der Waals surface area contributed by atoms with E-state index in [4.69, 9.17) is 14.9 Å². The summed E-state index contributed by atoms with van der Waals surface area (Å²) in [7, 11) is 1.60. The lowest BCUT2D eigenvalue weighted by molar-refractivity contribution is -0.120. The molecule has 2 heterocycles. The zero-order valence-corrected chi connectivity index (χ0v) is 15.2. The van der Waals surface area contributed by atoms with Gasteiger partial charge in [-0.15, -0.1) is 0 Å². The first-order chi connectivity index (χ1) is 13.3. The lowest BCUT2D eigenvalue weighted by atomic mass is 10.1. The van der Waals surface area contributed by atoms with E-state index in [9.17, 15) is 19.1 Å². The number of hydrogen-bond donors (Lipinski definition) is 3. The van der Waals surface area contributed by atoms with E-state index < -0.39 is 30.3 Å². The number of rotatable bonds is 7. The highest BCUT2D eigenvalue weighted by molar-refractivity contribution is 6.08. The van der Waals surface area contributed by atoms with E-state index in [-0.39, 0.29) is 17.9 Å². The van der Waals surface area contributed by atoms with Crippen molar-refractivity contribution in [1.29, 1.82) is 0 Å². The molecule has 0 saturated carbocycles. The summed E-state index contributed by atoms with van der Waals surface area (Å²) >= 11 is 0. The number of primary amides is 1. The van der Waals surface area contributed by atoms with E-state index in [1.165, 1.54) is 4.68 Å². The number of carbonyl (C=O) groups excluding carboxylic acids is 2. The molecule has 1 atom stereocenters. The molecule has 0 bridgehead atoms. The van der Waals surface area contributed by atoms with Crippen LogP contribution < -0.4 is 15.8 Å². The Hall–Kier alpha value is -3.40. The Morgan fingerprint density at radius 1 is 1.46 bits per heavy atom. The van der Waals surface area contributed by atoms with Crippen molar-refractivity contribution in [2.75, 3.05) is 6.61 Å². The maximum absolute atomic E-state index is 13.7. The third kappa shape index (κ3) is 3.67. The molecule has 3 aromatic rings. The first-order valence-corrected chi connectivity index (χ1v) is 8.35. The fourth-order valence-corrected chi connectivity index (χ4v) is 2.76. The number of benzene rings is 1. The first-order valence-electron chi connectivity index (χ1n) is 8.35. The minimum absolute atomic E-state index is 0.0551. The molecule has 0 aliphatic rings. The molecular weight excluding hydrogens is 371 g/mol. The van der Waals surface area contributed by atoms with E-state index in [1.54, 1.807) is 32.2 Å². The number of fused-ring (bicyclic) bond motifs is 1. The lowest BCUT2D eigenvalue weighted by Crippen LogP contribution is -2.46. The van der Waals surface area contributed by atoms with Crippen LogP contribution in [0.5, 0.6) is 5.75 Å². The van der Waals surface area contributed by atoms with Crippen molar-refractivity contribution >= 4 is 22.8 Å². The van der Waals surface area contributed by atoms with Crippen LogP contribution >= 0.6 is 0 Å². The van der Waals surface area contributed by atoms with Gasteiger partial charge in [0, 0.05) is 12.4 Å². The number of nitrogens with two attached hydrogens (primary N) is 1. The molecule has 3 rings (SSSR count). The number of ether oxygens (including phenoxy) is 1. The topological polar surface area (TPSA) is 133 Å². The van der Waals surface area contributed by atoms with Gasteiger partial charge in [0.1, 0.15) is 35.4 Å². The third-order valence-electron chi connectivity index (χ3n) is 4.28. The molecule has 0 unspecified atom stereocenters. The van der Waals surface area contributed by atoms with Gasteiger partial charge < -0.3 is 25.3 Å². The number of nitrogens with zero attached hydrogens (tertiary/aromatic N) is 2. The molecular formula is C18H19FN4O5. The number of aryl methyl sites for hydroxylation is 2. The average Bonchev–Trinajstić information content (AvgIpc) is 3.15. The van der Waals surface area contributed by atoms with Crippen LogP contribution in [0.3, 0.4) is 0 Å². The van der Waals surface area contributed by atoms with Crippen LogP contribution in [0, 0.1) is 12.7 Å². The van der Waals surface area contributed by atoms with Gasteiger partial charge in [0.05, 0.1) is 18.4 Å². The highest BCUT2D eigenvalue weighted by atomic mass is 19.1. The molecule has 28 heavy (non-hydrogen) atoms. The predicted molar refractivity (Wildman–Crippen MR) is 96.0 cm³/mol. The molecule has 2 amide bonds. The maximum atomic E-state index is 13.7.